The second-order valence-electron chi connectivity index (χ2n) is 6.66. The standard InChI is InChI=1S/C17H21F3N2O/c1-10-9-21-6-5-15(10)22-16(23)14-8-13(14)11-3-2-4-12(7-11)17(18,19)20/h2-4,7,10,13-15,21H,5-6,8-9H2,1H3,(H,22,23). The summed E-state index contributed by atoms with van der Waals surface area (Å²) in [5.41, 5.74) is -0.0358. The van der Waals surface area contributed by atoms with Gasteiger partial charge in [-0.3, -0.25) is 4.79 Å². The first-order valence-electron chi connectivity index (χ1n) is 8.04. The maximum absolute atomic E-state index is 12.8. The van der Waals surface area contributed by atoms with Crippen molar-refractivity contribution in [2.75, 3.05) is 13.1 Å². The van der Waals surface area contributed by atoms with Gasteiger partial charge in [0.05, 0.1) is 5.56 Å². The molecule has 1 amide bonds. The second kappa shape index (κ2) is 6.15. The van der Waals surface area contributed by atoms with E-state index < -0.39 is 11.7 Å². The molecule has 1 aromatic carbocycles. The number of piperidine rings is 1. The molecule has 0 aromatic heterocycles. The highest BCUT2D eigenvalue weighted by Gasteiger charge is 2.45. The molecule has 0 radical (unpaired) electrons. The van der Waals surface area contributed by atoms with E-state index in [1.807, 2.05) is 0 Å². The number of nitrogens with one attached hydrogen (secondary N) is 2. The molecule has 6 heteroatoms. The molecule has 126 valence electrons. The number of hydrogen-bond donors (Lipinski definition) is 2. The van der Waals surface area contributed by atoms with Crippen molar-refractivity contribution in [3.8, 4) is 0 Å². The molecule has 1 aliphatic heterocycles. The van der Waals surface area contributed by atoms with Crippen molar-refractivity contribution in [2.24, 2.45) is 11.8 Å². The van der Waals surface area contributed by atoms with Crippen LogP contribution < -0.4 is 10.6 Å². The van der Waals surface area contributed by atoms with E-state index in [0.29, 0.717) is 17.9 Å². The van der Waals surface area contributed by atoms with Crippen molar-refractivity contribution in [1.82, 2.24) is 10.6 Å². The minimum atomic E-state index is -4.34. The summed E-state index contributed by atoms with van der Waals surface area (Å²) < 4.78 is 38.3. The molecule has 1 aliphatic carbocycles. The molecular weight excluding hydrogens is 305 g/mol. The third kappa shape index (κ3) is 3.68. The summed E-state index contributed by atoms with van der Waals surface area (Å²) in [6, 6.07) is 5.50. The minimum absolute atomic E-state index is 0.0221. The van der Waals surface area contributed by atoms with Gasteiger partial charge in [0.25, 0.3) is 0 Å². The Morgan fingerprint density at radius 2 is 2.13 bits per heavy atom. The van der Waals surface area contributed by atoms with Crippen LogP contribution in [0.1, 0.15) is 36.8 Å². The molecular formula is C17H21F3N2O. The van der Waals surface area contributed by atoms with Crippen LogP contribution in [0, 0.1) is 11.8 Å². The Bertz CT molecular complexity index is 587. The summed E-state index contributed by atoms with van der Waals surface area (Å²) in [5, 5.41) is 6.35. The largest absolute Gasteiger partial charge is 0.416 e. The molecule has 3 rings (SSSR count). The van der Waals surface area contributed by atoms with Crippen LogP contribution in [0.2, 0.25) is 0 Å². The number of halogens is 3. The van der Waals surface area contributed by atoms with Crippen molar-refractivity contribution < 1.29 is 18.0 Å². The first-order valence-corrected chi connectivity index (χ1v) is 8.04. The summed E-state index contributed by atoms with van der Waals surface area (Å²) >= 11 is 0. The third-order valence-electron chi connectivity index (χ3n) is 4.88. The number of amides is 1. The Balaban J connectivity index is 1.62. The van der Waals surface area contributed by atoms with Gasteiger partial charge in [-0.15, -0.1) is 0 Å². The third-order valence-corrected chi connectivity index (χ3v) is 4.88. The van der Waals surface area contributed by atoms with Crippen LogP contribution in [0.4, 0.5) is 13.2 Å². The van der Waals surface area contributed by atoms with Gasteiger partial charge in [-0.2, -0.15) is 13.2 Å². The maximum Gasteiger partial charge on any atom is 0.416 e. The second-order valence-corrected chi connectivity index (χ2v) is 6.66. The van der Waals surface area contributed by atoms with E-state index in [0.717, 1.165) is 25.6 Å². The molecule has 1 heterocycles. The highest BCUT2D eigenvalue weighted by Crippen LogP contribution is 2.48. The summed E-state index contributed by atoms with van der Waals surface area (Å²) in [5.74, 6) is 0.0690. The average molecular weight is 326 g/mol. The number of benzene rings is 1. The minimum Gasteiger partial charge on any atom is -0.353 e. The fourth-order valence-electron chi connectivity index (χ4n) is 3.32. The van der Waals surface area contributed by atoms with E-state index >= 15 is 0 Å². The molecule has 2 aliphatic rings. The monoisotopic (exact) mass is 326 g/mol. The van der Waals surface area contributed by atoms with E-state index in [1.165, 1.54) is 12.1 Å². The lowest BCUT2D eigenvalue weighted by Crippen LogP contribution is -2.48. The Hall–Kier alpha value is -1.56. The zero-order chi connectivity index (χ0) is 16.6. The van der Waals surface area contributed by atoms with Crippen molar-refractivity contribution in [3.05, 3.63) is 35.4 Å². The van der Waals surface area contributed by atoms with E-state index in [4.69, 9.17) is 0 Å². The molecule has 0 bridgehead atoms. The highest BCUT2D eigenvalue weighted by atomic mass is 19.4. The maximum atomic E-state index is 12.8. The zero-order valence-corrected chi connectivity index (χ0v) is 13.0. The number of carbonyl (C=O) groups excluding carboxylic acids is 1. The van der Waals surface area contributed by atoms with Gasteiger partial charge in [-0.25, -0.2) is 0 Å². The Morgan fingerprint density at radius 1 is 1.35 bits per heavy atom. The van der Waals surface area contributed by atoms with Crippen LogP contribution >= 0.6 is 0 Å². The number of hydrogen-bond acceptors (Lipinski definition) is 2. The van der Waals surface area contributed by atoms with E-state index in [9.17, 15) is 18.0 Å². The van der Waals surface area contributed by atoms with Gasteiger partial charge in [0, 0.05) is 12.0 Å². The van der Waals surface area contributed by atoms with Gasteiger partial charge in [-0.1, -0.05) is 25.1 Å². The van der Waals surface area contributed by atoms with Crippen LogP contribution in [0.3, 0.4) is 0 Å². The predicted molar refractivity (Wildman–Crippen MR) is 80.9 cm³/mol. The molecule has 3 nitrogen and oxygen atoms in total. The summed E-state index contributed by atoms with van der Waals surface area (Å²) in [7, 11) is 0. The van der Waals surface area contributed by atoms with Gasteiger partial charge in [-0.05, 0) is 49.4 Å². The number of rotatable bonds is 3. The molecule has 2 N–H and O–H groups in total. The highest BCUT2D eigenvalue weighted by molar-refractivity contribution is 5.83. The summed E-state index contributed by atoms with van der Waals surface area (Å²) in [6.45, 7) is 3.86. The Morgan fingerprint density at radius 3 is 2.83 bits per heavy atom. The molecule has 1 saturated heterocycles. The molecule has 2 fully saturated rings. The van der Waals surface area contributed by atoms with E-state index in [1.54, 1.807) is 6.07 Å². The van der Waals surface area contributed by atoms with Gasteiger partial charge in [0.15, 0.2) is 0 Å². The van der Waals surface area contributed by atoms with Crippen molar-refractivity contribution in [3.63, 3.8) is 0 Å². The van der Waals surface area contributed by atoms with Crippen LogP contribution in [0.15, 0.2) is 24.3 Å². The molecule has 4 unspecified atom stereocenters. The van der Waals surface area contributed by atoms with Gasteiger partial charge < -0.3 is 10.6 Å². The van der Waals surface area contributed by atoms with Gasteiger partial charge in [0.2, 0.25) is 5.91 Å². The summed E-state index contributed by atoms with van der Waals surface area (Å²) in [4.78, 5) is 12.3. The lowest BCUT2D eigenvalue weighted by molar-refractivity contribution is -0.137. The fourth-order valence-corrected chi connectivity index (χ4v) is 3.32. The lowest BCUT2D eigenvalue weighted by atomic mass is 9.95. The average Bonchev–Trinajstić information content (AvgIpc) is 3.29. The first-order chi connectivity index (χ1) is 10.9. The van der Waals surface area contributed by atoms with Crippen molar-refractivity contribution in [2.45, 2.75) is 37.9 Å². The molecule has 0 spiro atoms. The fraction of sp³-hybridized carbons (Fsp3) is 0.588. The smallest absolute Gasteiger partial charge is 0.353 e. The van der Waals surface area contributed by atoms with Gasteiger partial charge >= 0.3 is 6.18 Å². The van der Waals surface area contributed by atoms with E-state index in [2.05, 4.69) is 17.6 Å². The SMILES string of the molecule is CC1CNCCC1NC(=O)C1CC1c1cccc(C(F)(F)F)c1. The molecule has 4 atom stereocenters. The lowest BCUT2D eigenvalue weighted by Gasteiger charge is -2.30. The number of alkyl halides is 3. The Kier molecular flexibility index (Phi) is 4.36. The van der Waals surface area contributed by atoms with E-state index in [-0.39, 0.29) is 23.8 Å². The quantitative estimate of drug-likeness (QED) is 0.897. The van der Waals surface area contributed by atoms with Gasteiger partial charge in [0.1, 0.15) is 0 Å². The summed E-state index contributed by atoms with van der Waals surface area (Å²) in [6.07, 6.45) is -2.81. The van der Waals surface area contributed by atoms with Crippen LogP contribution in [-0.4, -0.2) is 25.0 Å². The van der Waals surface area contributed by atoms with Crippen LogP contribution in [0.25, 0.3) is 0 Å². The predicted octanol–water partition coefficient (Wildman–Crippen LogP) is 2.92. The first kappa shape index (κ1) is 16.3. The normalized spacial score (nSPS) is 30.8. The van der Waals surface area contributed by atoms with Crippen LogP contribution in [-0.2, 0) is 11.0 Å². The molecule has 1 saturated carbocycles. The number of carbonyl (C=O) groups is 1. The molecule has 23 heavy (non-hydrogen) atoms. The zero-order valence-electron chi connectivity index (χ0n) is 13.0. The Labute approximate surface area is 133 Å². The topological polar surface area (TPSA) is 41.1 Å². The van der Waals surface area contributed by atoms with Crippen LogP contribution in [0.5, 0.6) is 0 Å². The van der Waals surface area contributed by atoms with Crippen molar-refractivity contribution >= 4 is 5.91 Å². The molecule has 1 aromatic rings. The van der Waals surface area contributed by atoms with Crippen molar-refractivity contribution in [1.29, 1.82) is 0 Å².